The first-order chi connectivity index (χ1) is 18.4. The smallest absolute Gasteiger partial charge is 0.338 e. The molecule has 0 bridgehead atoms. The Bertz CT molecular complexity index is 1740. The molecule has 192 valence electrons. The molecule has 0 fully saturated rings. The molecule has 0 saturated carbocycles. The van der Waals surface area contributed by atoms with Crippen LogP contribution in [-0.4, -0.2) is 24.3 Å². The second-order valence-electron chi connectivity index (χ2n) is 8.45. The van der Waals surface area contributed by atoms with E-state index in [-0.39, 0.29) is 12.2 Å². The zero-order chi connectivity index (χ0) is 26.8. The van der Waals surface area contributed by atoms with E-state index in [2.05, 4.69) is 27.5 Å². The minimum atomic E-state index is -0.717. The van der Waals surface area contributed by atoms with Crippen LogP contribution < -0.4 is 19.6 Å². The third-order valence-corrected chi connectivity index (χ3v) is 7.49. The normalized spacial score (nSPS) is 15.1. The molecule has 0 spiro atoms. The van der Waals surface area contributed by atoms with Crippen LogP contribution in [0.4, 0.5) is 0 Å². The number of thiazole rings is 1. The molecule has 0 radical (unpaired) electrons. The molecule has 0 aliphatic carbocycles. The Morgan fingerprint density at radius 3 is 2.71 bits per heavy atom. The lowest BCUT2D eigenvalue weighted by Gasteiger charge is -2.24. The van der Waals surface area contributed by atoms with Gasteiger partial charge in [-0.25, -0.2) is 9.79 Å². The molecule has 1 aliphatic heterocycles. The van der Waals surface area contributed by atoms with Gasteiger partial charge in [0.05, 0.1) is 29.0 Å². The minimum Gasteiger partial charge on any atom is -0.497 e. The van der Waals surface area contributed by atoms with Gasteiger partial charge in [-0.3, -0.25) is 9.36 Å². The molecule has 3 heterocycles. The van der Waals surface area contributed by atoms with E-state index < -0.39 is 12.0 Å². The van der Waals surface area contributed by atoms with Gasteiger partial charge in [-0.05, 0) is 48.9 Å². The summed E-state index contributed by atoms with van der Waals surface area (Å²) < 4.78 is 19.6. The molecular formula is C29H23BrN2O5S. The monoisotopic (exact) mass is 590 g/mol. The molecule has 9 heteroatoms. The quantitative estimate of drug-likeness (QED) is 0.223. The summed E-state index contributed by atoms with van der Waals surface area (Å²) in [6.07, 6.45) is 3.20. The van der Waals surface area contributed by atoms with Gasteiger partial charge in [0.1, 0.15) is 23.9 Å². The lowest BCUT2D eigenvalue weighted by Crippen LogP contribution is -2.39. The number of hydrogen-bond donors (Lipinski definition) is 0. The molecule has 5 rings (SSSR count). The van der Waals surface area contributed by atoms with Gasteiger partial charge in [0.2, 0.25) is 0 Å². The summed E-state index contributed by atoms with van der Waals surface area (Å²) >= 11 is 4.72. The number of nitrogens with zero attached hydrogens (tertiary/aromatic N) is 2. The van der Waals surface area contributed by atoms with E-state index in [1.54, 1.807) is 32.2 Å². The fraction of sp³-hybridized carbons (Fsp3) is 0.138. The Hall–Kier alpha value is -3.95. The van der Waals surface area contributed by atoms with E-state index in [1.807, 2.05) is 48.5 Å². The number of carbonyl (C=O) groups is 1. The van der Waals surface area contributed by atoms with Crippen molar-refractivity contribution < 1.29 is 18.7 Å². The molecule has 1 aliphatic rings. The van der Waals surface area contributed by atoms with Crippen molar-refractivity contribution in [3.8, 4) is 17.1 Å². The van der Waals surface area contributed by atoms with E-state index in [0.717, 1.165) is 15.6 Å². The molecule has 0 N–H and O–H groups in total. The predicted octanol–water partition coefficient (Wildman–Crippen LogP) is 5.00. The first kappa shape index (κ1) is 25.7. The van der Waals surface area contributed by atoms with Crippen LogP contribution in [0.3, 0.4) is 0 Å². The van der Waals surface area contributed by atoms with Crippen LogP contribution in [0.2, 0.25) is 0 Å². The van der Waals surface area contributed by atoms with Crippen molar-refractivity contribution in [2.75, 3.05) is 13.7 Å². The zero-order valence-electron chi connectivity index (χ0n) is 20.6. The lowest BCUT2D eigenvalue weighted by molar-refractivity contribution is -0.138. The van der Waals surface area contributed by atoms with Gasteiger partial charge in [-0.1, -0.05) is 64.2 Å². The van der Waals surface area contributed by atoms with Gasteiger partial charge in [0.15, 0.2) is 4.80 Å². The fourth-order valence-electron chi connectivity index (χ4n) is 4.25. The van der Waals surface area contributed by atoms with E-state index in [9.17, 15) is 9.59 Å². The Kier molecular flexibility index (Phi) is 7.31. The Morgan fingerprint density at radius 2 is 2.00 bits per heavy atom. The number of benzene rings is 2. The molecule has 38 heavy (non-hydrogen) atoms. The number of aromatic nitrogens is 1. The number of allylic oxidation sites excluding steroid dienone is 1. The van der Waals surface area contributed by atoms with Crippen LogP contribution in [0.1, 0.15) is 24.3 Å². The van der Waals surface area contributed by atoms with Crippen molar-refractivity contribution >= 4 is 39.3 Å². The summed E-state index contributed by atoms with van der Waals surface area (Å²) in [6, 6.07) is 18.0. The van der Waals surface area contributed by atoms with Crippen molar-refractivity contribution in [1.82, 2.24) is 4.57 Å². The maximum Gasteiger partial charge on any atom is 0.338 e. The number of fused-ring (bicyclic) bond motifs is 1. The van der Waals surface area contributed by atoms with Crippen molar-refractivity contribution in [3.63, 3.8) is 0 Å². The van der Waals surface area contributed by atoms with Crippen molar-refractivity contribution in [2.45, 2.75) is 13.0 Å². The number of carbonyl (C=O) groups excluding carboxylic acids is 1. The molecule has 2 aromatic carbocycles. The minimum absolute atomic E-state index is 0.0498. The SMILES string of the molecule is C=CCOC(=O)C1=C(C)N=c2s/c(=C/c3ccc(-c4cccc(Br)c4)o3)c(=O)n2[C@H]1c1ccc(OC)cc1. The number of esters is 1. The maximum absolute atomic E-state index is 13.8. The number of halogens is 1. The highest BCUT2D eigenvalue weighted by Gasteiger charge is 2.33. The van der Waals surface area contributed by atoms with Crippen LogP contribution in [0, 0.1) is 0 Å². The average molecular weight is 591 g/mol. The van der Waals surface area contributed by atoms with Gasteiger partial charge in [0.25, 0.3) is 5.56 Å². The van der Waals surface area contributed by atoms with E-state index >= 15 is 0 Å². The highest BCUT2D eigenvalue weighted by atomic mass is 79.9. The molecule has 0 saturated heterocycles. The fourth-order valence-corrected chi connectivity index (χ4v) is 5.68. The molecule has 2 aromatic heterocycles. The summed E-state index contributed by atoms with van der Waals surface area (Å²) in [5.41, 5.74) is 2.15. The molecule has 7 nitrogen and oxygen atoms in total. The predicted molar refractivity (Wildman–Crippen MR) is 150 cm³/mol. The molecular weight excluding hydrogens is 568 g/mol. The van der Waals surface area contributed by atoms with Crippen LogP contribution in [0.25, 0.3) is 17.4 Å². The third-order valence-electron chi connectivity index (χ3n) is 6.01. The van der Waals surface area contributed by atoms with Crippen molar-refractivity contribution in [1.29, 1.82) is 0 Å². The first-order valence-corrected chi connectivity index (χ1v) is 13.3. The highest BCUT2D eigenvalue weighted by Crippen LogP contribution is 2.32. The van der Waals surface area contributed by atoms with Gasteiger partial charge in [-0.15, -0.1) is 0 Å². The average Bonchev–Trinajstić information content (AvgIpc) is 3.51. The summed E-state index contributed by atoms with van der Waals surface area (Å²) in [5.74, 6) is 1.33. The zero-order valence-corrected chi connectivity index (χ0v) is 23.0. The highest BCUT2D eigenvalue weighted by molar-refractivity contribution is 9.10. The van der Waals surface area contributed by atoms with Gasteiger partial charge in [-0.2, -0.15) is 0 Å². The summed E-state index contributed by atoms with van der Waals surface area (Å²) in [6.45, 7) is 5.41. The van der Waals surface area contributed by atoms with Crippen LogP contribution in [-0.2, 0) is 9.53 Å². The maximum atomic E-state index is 13.8. The van der Waals surface area contributed by atoms with Gasteiger partial charge < -0.3 is 13.9 Å². The number of rotatable bonds is 7. The van der Waals surface area contributed by atoms with Crippen LogP contribution >= 0.6 is 27.3 Å². The number of furan rings is 1. The summed E-state index contributed by atoms with van der Waals surface area (Å²) in [7, 11) is 1.58. The Balaban J connectivity index is 1.62. The van der Waals surface area contributed by atoms with Crippen LogP contribution in [0.5, 0.6) is 5.75 Å². The number of hydrogen-bond acceptors (Lipinski definition) is 7. The Morgan fingerprint density at radius 1 is 1.21 bits per heavy atom. The number of methoxy groups -OCH3 is 1. The first-order valence-electron chi connectivity index (χ1n) is 11.7. The van der Waals surface area contributed by atoms with E-state index in [0.29, 0.717) is 37.9 Å². The lowest BCUT2D eigenvalue weighted by atomic mass is 9.96. The third kappa shape index (κ3) is 4.94. The second-order valence-corrected chi connectivity index (χ2v) is 10.4. The molecule has 4 aromatic rings. The van der Waals surface area contributed by atoms with Gasteiger partial charge >= 0.3 is 5.97 Å². The summed E-state index contributed by atoms with van der Waals surface area (Å²) in [5, 5.41) is 0. The Labute approximate surface area is 230 Å². The number of ether oxygens (including phenoxy) is 2. The second kappa shape index (κ2) is 10.8. The van der Waals surface area contributed by atoms with Crippen molar-refractivity contribution in [3.05, 3.63) is 120 Å². The standard InChI is InChI=1S/C29H23BrN2O5S/c1-4-14-36-28(34)25-17(2)31-29-32(26(25)18-8-10-21(35-3)11-9-18)27(33)24(38-29)16-22-12-13-23(37-22)19-6-5-7-20(30)15-19/h4-13,15-16,26H,1,14H2,2-3H3/b24-16+/t26-/m0/s1. The van der Waals surface area contributed by atoms with E-state index in [4.69, 9.17) is 13.9 Å². The molecule has 0 unspecified atom stereocenters. The summed E-state index contributed by atoms with van der Waals surface area (Å²) in [4.78, 5) is 31.9. The van der Waals surface area contributed by atoms with Crippen molar-refractivity contribution in [2.24, 2.45) is 4.99 Å². The van der Waals surface area contributed by atoms with Gasteiger partial charge in [0, 0.05) is 16.1 Å². The topological polar surface area (TPSA) is 83.0 Å². The van der Waals surface area contributed by atoms with E-state index in [1.165, 1.54) is 22.0 Å². The largest absolute Gasteiger partial charge is 0.497 e. The molecule has 0 amide bonds. The van der Waals surface area contributed by atoms with Crippen LogP contribution in [0.15, 0.2) is 103 Å². The molecule has 1 atom stereocenters.